The molecule has 0 aliphatic carbocycles. The molecule has 2 rings (SSSR count). The molecule has 0 saturated carbocycles. The van der Waals surface area contributed by atoms with Crippen molar-refractivity contribution in [2.45, 2.75) is 6.54 Å². The van der Waals surface area contributed by atoms with Gasteiger partial charge >= 0.3 is 0 Å². The van der Waals surface area contributed by atoms with Crippen molar-refractivity contribution in [3.8, 4) is 0 Å². The first-order chi connectivity index (χ1) is 9.08. The maximum Gasteiger partial charge on any atom is 0.257 e. The number of benzene rings is 1. The van der Waals surface area contributed by atoms with Crippen LogP contribution in [0, 0.1) is 5.82 Å². The minimum Gasteiger partial charge on any atom is -0.367 e. The molecule has 0 aliphatic heterocycles. The maximum atomic E-state index is 13.5. The maximum absolute atomic E-state index is 13.5. The fourth-order valence-corrected chi connectivity index (χ4v) is 1.95. The highest BCUT2D eigenvalue weighted by Gasteiger charge is 2.10. The number of nitrogens with one attached hydrogen (secondary N) is 2. The molecular weight excluding hydrogens is 315 g/mol. The number of pyridine rings is 1. The quantitative estimate of drug-likeness (QED) is 0.909. The summed E-state index contributed by atoms with van der Waals surface area (Å²) in [4.78, 5) is 25.9. The third-order valence-corrected chi connectivity index (χ3v) is 3.01. The van der Waals surface area contributed by atoms with Gasteiger partial charge in [0.1, 0.15) is 11.4 Å². The molecule has 0 aliphatic rings. The molecule has 6 heteroatoms. The molecule has 0 bridgehead atoms. The van der Waals surface area contributed by atoms with Gasteiger partial charge in [0.2, 0.25) is 0 Å². The second-order valence-corrected chi connectivity index (χ2v) is 4.76. The Hall–Kier alpha value is -1.95. The average molecular weight is 325 g/mol. The summed E-state index contributed by atoms with van der Waals surface area (Å²) < 4.78 is 14.2. The molecule has 2 N–H and O–H groups in total. The Morgan fingerprint density at radius 2 is 2.16 bits per heavy atom. The van der Waals surface area contributed by atoms with Crippen molar-refractivity contribution in [1.29, 1.82) is 0 Å². The number of amides is 1. The van der Waals surface area contributed by atoms with Crippen LogP contribution in [0.5, 0.6) is 0 Å². The normalized spacial score (nSPS) is 10.2. The average Bonchev–Trinajstić information content (AvgIpc) is 2.40. The van der Waals surface area contributed by atoms with E-state index in [4.69, 9.17) is 0 Å². The van der Waals surface area contributed by atoms with Crippen molar-refractivity contribution in [3.63, 3.8) is 0 Å². The van der Waals surface area contributed by atoms with Crippen LogP contribution in [0.15, 0.2) is 45.9 Å². The van der Waals surface area contributed by atoms with Crippen LogP contribution >= 0.6 is 15.9 Å². The van der Waals surface area contributed by atoms with Gasteiger partial charge in [0.15, 0.2) is 5.43 Å². The fourth-order valence-electron chi connectivity index (χ4n) is 1.54. The van der Waals surface area contributed by atoms with Gasteiger partial charge in [0, 0.05) is 35.0 Å². The van der Waals surface area contributed by atoms with Crippen molar-refractivity contribution >= 4 is 21.8 Å². The van der Waals surface area contributed by atoms with Crippen LogP contribution in [0.1, 0.15) is 15.9 Å². The lowest BCUT2D eigenvalue weighted by Crippen LogP contribution is -2.28. The second-order valence-electron chi connectivity index (χ2n) is 3.84. The van der Waals surface area contributed by atoms with E-state index >= 15 is 0 Å². The predicted molar refractivity (Wildman–Crippen MR) is 72.3 cm³/mol. The van der Waals surface area contributed by atoms with Gasteiger partial charge in [-0.2, -0.15) is 0 Å². The SMILES string of the molecule is O=C(NCc1cc(Br)ccc1F)c1c[nH]ccc1=O. The van der Waals surface area contributed by atoms with Crippen LogP contribution in [-0.2, 0) is 6.54 Å². The van der Waals surface area contributed by atoms with Gasteiger partial charge in [-0.25, -0.2) is 4.39 Å². The highest BCUT2D eigenvalue weighted by molar-refractivity contribution is 9.10. The number of carbonyl (C=O) groups excluding carboxylic acids is 1. The van der Waals surface area contributed by atoms with E-state index in [1.807, 2.05) is 0 Å². The Labute approximate surface area is 116 Å². The lowest BCUT2D eigenvalue weighted by atomic mass is 10.2. The summed E-state index contributed by atoms with van der Waals surface area (Å²) in [5.74, 6) is -0.952. The summed E-state index contributed by atoms with van der Waals surface area (Å²) in [5.41, 5.74) is -0.0426. The first-order valence-corrected chi connectivity index (χ1v) is 6.26. The third-order valence-electron chi connectivity index (χ3n) is 2.52. The van der Waals surface area contributed by atoms with Gasteiger partial charge in [0.25, 0.3) is 5.91 Å². The van der Waals surface area contributed by atoms with Crippen molar-refractivity contribution < 1.29 is 9.18 Å². The fraction of sp³-hybridized carbons (Fsp3) is 0.0769. The number of hydrogen-bond donors (Lipinski definition) is 2. The number of aromatic amines is 1. The van der Waals surface area contributed by atoms with Gasteiger partial charge in [-0.3, -0.25) is 9.59 Å². The zero-order valence-electron chi connectivity index (χ0n) is 9.74. The molecule has 1 amide bonds. The highest BCUT2D eigenvalue weighted by atomic mass is 79.9. The topological polar surface area (TPSA) is 62.0 Å². The highest BCUT2D eigenvalue weighted by Crippen LogP contribution is 2.15. The van der Waals surface area contributed by atoms with Crippen LogP contribution in [0.2, 0.25) is 0 Å². The summed E-state index contributed by atoms with van der Waals surface area (Å²) in [7, 11) is 0. The number of rotatable bonds is 3. The van der Waals surface area contributed by atoms with Crippen molar-refractivity contribution in [1.82, 2.24) is 10.3 Å². The van der Waals surface area contributed by atoms with E-state index in [0.717, 1.165) is 4.47 Å². The minimum absolute atomic E-state index is 0.00194. The van der Waals surface area contributed by atoms with E-state index in [2.05, 4.69) is 26.2 Å². The van der Waals surface area contributed by atoms with Crippen LogP contribution in [0.4, 0.5) is 4.39 Å². The van der Waals surface area contributed by atoms with E-state index in [1.54, 1.807) is 12.1 Å². The van der Waals surface area contributed by atoms with E-state index in [-0.39, 0.29) is 17.5 Å². The zero-order chi connectivity index (χ0) is 13.8. The van der Waals surface area contributed by atoms with Gasteiger partial charge in [0.05, 0.1) is 0 Å². The van der Waals surface area contributed by atoms with E-state index in [0.29, 0.717) is 5.56 Å². The van der Waals surface area contributed by atoms with Gasteiger partial charge in [-0.15, -0.1) is 0 Å². The Kier molecular flexibility index (Phi) is 4.11. The molecule has 1 aromatic heterocycles. The molecule has 0 spiro atoms. The van der Waals surface area contributed by atoms with Crippen molar-refractivity contribution in [2.75, 3.05) is 0 Å². The summed E-state index contributed by atoms with van der Waals surface area (Å²) >= 11 is 3.23. The number of halogens is 2. The molecule has 2 aromatic rings. The standard InChI is InChI=1S/C13H10BrFN2O2/c14-9-1-2-11(15)8(5-9)6-17-13(19)10-7-16-4-3-12(10)18/h1-5,7H,6H2,(H,16,18)(H,17,19). The van der Waals surface area contributed by atoms with Gasteiger partial charge in [-0.1, -0.05) is 15.9 Å². The molecular formula is C13H10BrFN2O2. The minimum atomic E-state index is -0.541. The molecule has 4 nitrogen and oxygen atoms in total. The van der Waals surface area contributed by atoms with Crippen LogP contribution in [0.3, 0.4) is 0 Å². The van der Waals surface area contributed by atoms with Gasteiger partial charge in [-0.05, 0) is 18.2 Å². The Bertz CT molecular complexity index is 670. The first kappa shape index (κ1) is 13.5. The van der Waals surface area contributed by atoms with E-state index in [1.165, 1.54) is 24.5 Å². The Balaban J connectivity index is 2.11. The monoisotopic (exact) mass is 324 g/mol. The second kappa shape index (κ2) is 5.79. The lowest BCUT2D eigenvalue weighted by molar-refractivity contribution is 0.0949. The molecule has 0 radical (unpaired) electrons. The van der Waals surface area contributed by atoms with Crippen molar-refractivity contribution in [3.05, 3.63) is 68.3 Å². The van der Waals surface area contributed by atoms with Crippen molar-refractivity contribution in [2.24, 2.45) is 0 Å². The number of aromatic nitrogens is 1. The molecule has 1 heterocycles. The molecule has 0 unspecified atom stereocenters. The molecule has 98 valence electrons. The summed E-state index contributed by atoms with van der Waals surface area (Å²) in [5, 5.41) is 2.50. The third kappa shape index (κ3) is 3.29. The molecule has 19 heavy (non-hydrogen) atoms. The molecule has 1 aromatic carbocycles. The number of H-pyrrole nitrogens is 1. The smallest absolute Gasteiger partial charge is 0.257 e. The predicted octanol–water partition coefficient (Wildman–Crippen LogP) is 2.21. The summed E-state index contributed by atoms with van der Waals surface area (Å²) in [6.45, 7) is 0.0123. The zero-order valence-corrected chi connectivity index (χ0v) is 11.3. The number of hydrogen-bond acceptors (Lipinski definition) is 2. The van der Waals surface area contributed by atoms with E-state index < -0.39 is 11.7 Å². The van der Waals surface area contributed by atoms with E-state index in [9.17, 15) is 14.0 Å². The lowest BCUT2D eigenvalue weighted by Gasteiger charge is -2.06. The van der Waals surface area contributed by atoms with Crippen LogP contribution in [-0.4, -0.2) is 10.9 Å². The molecule has 0 atom stereocenters. The summed E-state index contributed by atoms with van der Waals surface area (Å²) in [6.07, 6.45) is 2.75. The van der Waals surface area contributed by atoms with Crippen LogP contribution in [0.25, 0.3) is 0 Å². The van der Waals surface area contributed by atoms with Crippen LogP contribution < -0.4 is 10.7 Å². The Morgan fingerprint density at radius 1 is 1.37 bits per heavy atom. The summed E-state index contributed by atoms with van der Waals surface area (Å²) in [6, 6.07) is 5.71. The molecule has 0 saturated heterocycles. The Morgan fingerprint density at radius 3 is 2.89 bits per heavy atom. The first-order valence-electron chi connectivity index (χ1n) is 5.47. The molecule has 0 fully saturated rings. The largest absolute Gasteiger partial charge is 0.367 e. The number of carbonyl (C=O) groups is 1. The van der Waals surface area contributed by atoms with Gasteiger partial charge < -0.3 is 10.3 Å².